The molecule has 3 atom stereocenters. The van der Waals surface area contributed by atoms with Gasteiger partial charge in [-0.3, -0.25) is 4.79 Å². The van der Waals surface area contributed by atoms with Gasteiger partial charge in [-0.1, -0.05) is 31.2 Å². The Morgan fingerprint density at radius 1 is 1.28 bits per heavy atom. The highest BCUT2D eigenvalue weighted by Gasteiger charge is 2.43. The van der Waals surface area contributed by atoms with Crippen molar-refractivity contribution in [2.24, 2.45) is 5.92 Å². The smallest absolute Gasteiger partial charge is 0.223 e. The number of hydrogen-bond acceptors (Lipinski definition) is 3. The Bertz CT molecular complexity index is 872. The maximum absolute atomic E-state index is 13.0. The van der Waals surface area contributed by atoms with E-state index < -0.39 is 0 Å². The summed E-state index contributed by atoms with van der Waals surface area (Å²) in [4.78, 5) is 17.0. The highest BCUT2D eigenvalue weighted by molar-refractivity contribution is 7.18. The zero-order chi connectivity index (χ0) is 17.4. The van der Waals surface area contributed by atoms with Crippen LogP contribution in [0.25, 0.3) is 10.2 Å². The molecule has 3 nitrogen and oxygen atoms in total. The molecule has 0 radical (unpaired) electrons. The van der Waals surface area contributed by atoms with Crippen LogP contribution >= 0.6 is 11.3 Å². The van der Waals surface area contributed by atoms with Gasteiger partial charge in [0.15, 0.2) is 0 Å². The topological polar surface area (TPSA) is 42.0 Å². The van der Waals surface area contributed by atoms with Gasteiger partial charge in [0.25, 0.3) is 0 Å². The quantitative estimate of drug-likeness (QED) is 0.735. The predicted octanol–water partition coefficient (Wildman–Crippen LogP) is 4.46. The van der Waals surface area contributed by atoms with Crippen LogP contribution in [0.2, 0.25) is 0 Å². The van der Waals surface area contributed by atoms with Gasteiger partial charge in [-0.25, -0.2) is 9.37 Å². The molecule has 1 amide bonds. The van der Waals surface area contributed by atoms with Gasteiger partial charge in [0.1, 0.15) is 5.82 Å². The van der Waals surface area contributed by atoms with Gasteiger partial charge in [0.2, 0.25) is 5.91 Å². The molecule has 1 aromatic heterocycles. The minimum atomic E-state index is -0.241. The van der Waals surface area contributed by atoms with E-state index in [1.807, 2.05) is 18.2 Å². The molecule has 1 heterocycles. The SMILES string of the molecule is CC(CNC(=O)C1CC1c1ccc(F)cc1)c1nc2ccccc2s1. The summed E-state index contributed by atoms with van der Waals surface area (Å²) in [6, 6.07) is 14.5. The zero-order valence-corrected chi connectivity index (χ0v) is 14.7. The third-order valence-electron chi connectivity index (χ3n) is 4.74. The molecule has 128 valence electrons. The van der Waals surface area contributed by atoms with Crippen LogP contribution < -0.4 is 5.32 Å². The van der Waals surface area contributed by atoms with Crippen molar-refractivity contribution >= 4 is 27.5 Å². The third kappa shape index (κ3) is 3.42. The summed E-state index contributed by atoms with van der Waals surface area (Å²) < 4.78 is 14.2. The van der Waals surface area contributed by atoms with Crippen molar-refractivity contribution < 1.29 is 9.18 Å². The lowest BCUT2D eigenvalue weighted by Crippen LogP contribution is -2.29. The maximum atomic E-state index is 13.0. The first kappa shape index (κ1) is 16.2. The van der Waals surface area contributed by atoms with E-state index in [1.54, 1.807) is 23.5 Å². The minimum absolute atomic E-state index is 0.00743. The highest BCUT2D eigenvalue weighted by Crippen LogP contribution is 2.47. The first-order valence-corrected chi connectivity index (χ1v) is 9.32. The molecule has 3 aromatic rings. The van der Waals surface area contributed by atoms with Crippen LogP contribution in [0.15, 0.2) is 48.5 Å². The standard InChI is InChI=1S/C20H19FN2OS/c1-12(20-23-17-4-2-3-5-18(17)25-20)11-22-19(24)16-10-15(16)13-6-8-14(21)9-7-13/h2-9,12,15-16H,10-11H2,1H3,(H,22,24). The largest absolute Gasteiger partial charge is 0.355 e. The number of hydrogen-bond donors (Lipinski definition) is 1. The van der Waals surface area contributed by atoms with Crippen molar-refractivity contribution in [1.82, 2.24) is 10.3 Å². The third-order valence-corrected chi connectivity index (χ3v) is 6.01. The van der Waals surface area contributed by atoms with Crippen LogP contribution in [-0.2, 0) is 4.79 Å². The van der Waals surface area contributed by atoms with E-state index in [2.05, 4.69) is 23.3 Å². The Hall–Kier alpha value is -2.27. The average Bonchev–Trinajstić information content (AvgIpc) is 3.30. The van der Waals surface area contributed by atoms with Crippen molar-refractivity contribution in [3.8, 4) is 0 Å². The van der Waals surface area contributed by atoms with E-state index in [0.29, 0.717) is 6.54 Å². The van der Waals surface area contributed by atoms with E-state index in [4.69, 9.17) is 0 Å². The van der Waals surface area contributed by atoms with E-state index >= 15 is 0 Å². The van der Waals surface area contributed by atoms with Crippen LogP contribution in [0, 0.1) is 11.7 Å². The minimum Gasteiger partial charge on any atom is -0.355 e. The fourth-order valence-corrected chi connectivity index (χ4v) is 4.15. The molecule has 5 heteroatoms. The Labute approximate surface area is 149 Å². The van der Waals surface area contributed by atoms with Crippen LogP contribution in [0.1, 0.15) is 35.8 Å². The molecule has 1 saturated carbocycles. The number of nitrogens with zero attached hydrogens (tertiary/aromatic N) is 1. The molecule has 1 N–H and O–H groups in total. The van der Waals surface area contributed by atoms with Gasteiger partial charge in [-0.15, -0.1) is 11.3 Å². The van der Waals surface area contributed by atoms with Gasteiger partial charge in [0, 0.05) is 18.4 Å². The van der Waals surface area contributed by atoms with Crippen LogP contribution in [0.3, 0.4) is 0 Å². The fourth-order valence-electron chi connectivity index (χ4n) is 3.14. The summed E-state index contributed by atoms with van der Waals surface area (Å²) in [5, 5.41) is 4.10. The fraction of sp³-hybridized carbons (Fsp3) is 0.300. The van der Waals surface area contributed by atoms with Gasteiger partial charge in [-0.05, 0) is 42.2 Å². The molecule has 0 bridgehead atoms. The second-order valence-corrected chi connectivity index (χ2v) is 7.73. The zero-order valence-electron chi connectivity index (χ0n) is 13.9. The molecule has 0 aliphatic heterocycles. The van der Waals surface area contributed by atoms with E-state index in [9.17, 15) is 9.18 Å². The number of fused-ring (bicyclic) bond motifs is 1. The monoisotopic (exact) mass is 354 g/mol. The molecule has 2 aromatic carbocycles. The molecule has 25 heavy (non-hydrogen) atoms. The van der Waals surface area contributed by atoms with Gasteiger partial charge in [-0.2, -0.15) is 0 Å². The lowest BCUT2D eigenvalue weighted by molar-refractivity contribution is -0.122. The predicted molar refractivity (Wildman–Crippen MR) is 98.3 cm³/mol. The molecule has 4 rings (SSSR count). The molecule has 1 aliphatic carbocycles. The summed E-state index contributed by atoms with van der Waals surface area (Å²) in [6.07, 6.45) is 0.840. The number of amides is 1. The number of thiazole rings is 1. The second kappa shape index (κ2) is 6.56. The van der Waals surface area contributed by atoms with Gasteiger partial charge >= 0.3 is 0 Å². The summed E-state index contributed by atoms with van der Waals surface area (Å²) in [7, 11) is 0. The first-order chi connectivity index (χ1) is 12.1. The molecule has 1 aliphatic rings. The van der Waals surface area contributed by atoms with Crippen molar-refractivity contribution in [3.63, 3.8) is 0 Å². The summed E-state index contributed by atoms with van der Waals surface area (Å²) in [6.45, 7) is 2.67. The van der Waals surface area contributed by atoms with Crippen LogP contribution in [-0.4, -0.2) is 17.4 Å². The summed E-state index contributed by atoms with van der Waals surface area (Å²) >= 11 is 1.68. The van der Waals surface area contributed by atoms with Crippen LogP contribution in [0.4, 0.5) is 4.39 Å². The maximum Gasteiger partial charge on any atom is 0.223 e. The lowest BCUT2D eigenvalue weighted by atomic mass is 10.1. The molecular formula is C20H19FN2OS. The number of halogens is 1. The van der Waals surface area contributed by atoms with Gasteiger partial charge in [0.05, 0.1) is 15.2 Å². The van der Waals surface area contributed by atoms with Crippen molar-refractivity contribution in [1.29, 1.82) is 0 Å². The van der Waals surface area contributed by atoms with Crippen molar-refractivity contribution in [3.05, 3.63) is 64.9 Å². The normalized spacial score (nSPS) is 20.4. The Morgan fingerprint density at radius 2 is 2.04 bits per heavy atom. The first-order valence-electron chi connectivity index (χ1n) is 8.50. The number of rotatable bonds is 5. The number of nitrogens with one attached hydrogen (secondary N) is 1. The number of carbonyl (C=O) groups is 1. The van der Waals surface area contributed by atoms with E-state index in [-0.39, 0.29) is 29.5 Å². The lowest BCUT2D eigenvalue weighted by Gasteiger charge is -2.10. The summed E-state index contributed by atoms with van der Waals surface area (Å²) in [5.74, 6) is 0.258. The second-order valence-electron chi connectivity index (χ2n) is 6.67. The molecule has 3 unspecified atom stereocenters. The number of benzene rings is 2. The van der Waals surface area contributed by atoms with Crippen molar-refractivity contribution in [2.75, 3.05) is 6.54 Å². The number of para-hydroxylation sites is 1. The number of aromatic nitrogens is 1. The van der Waals surface area contributed by atoms with E-state index in [1.165, 1.54) is 16.8 Å². The average molecular weight is 354 g/mol. The number of carbonyl (C=O) groups excluding carboxylic acids is 1. The van der Waals surface area contributed by atoms with E-state index in [0.717, 1.165) is 22.5 Å². The van der Waals surface area contributed by atoms with Gasteiger partial charge < -0.3 is 5.32 Å². The molecular weight excluding hydrogens is 335 g/mol. The van der Waals surface area contributed by atoms with Crippen molar-refractivity contribution in [2.45, 2.75) is 25.2 Å². The molecule has 1 fully saturated rings. The molecule has 0 saturated heterocycles. The summed E-state index contributed by atoms with van der Waals surface area (Å²) in [5.41, 5.74) is 2.06. The molecule has 0 spiro atoms. The Balaban J connectivity index is 1.33. The Morgan fingerprint density at radius 3 is 2.80 bits per heavy atom. The van der Waals surface area contributed by atoms with Crippen LogP contribution in [0.5, 0.6) is 0 Å². The highest BCUT2D eigenvalue weighted by atomic mass is 32.1. The Kier molecular flexibility index (Phi) is 4.25.